The van der Waals surface area contributed by atoms with Crippen LogP contribution in [0.5, 0.6) is 5.75 Å². The van der Waals surface area contributed by atoms with Crippen molar-refractivity contribution in [2.75, 3.05) is 20.0 Å². The predicted molar refractivity (Wildman–Crippen MR) is 130 cm³/mol. The third-order valence-electron chi connectivity index (χ3n) is 6.03. The number of fused-ring (bicyclic) bond motifs is 3. The summed E-state index contributed by atoms with van der Waals surface area (Å²) in [6, 6.07) is 20.3. The monoisotopic (exact) mass is 495 g/mol. The van der Waals surface area contributed by atoms with Crippen LogP contribution < -0.4 is 4.74 Å². The Bertz CT molecular complexity index is 1310. The third-order valence-corrected chi connectivity index (χ3v) is 7.15. The van der Waals surface area contributed by atoms with Crippen molar-refractivity contribution in [1.82, 2.24) is 4.31 Å². The van der Waals surface area contributed by atoms with Crippen molar-refractivity contribution in [1.29, 1.82) is 0 Å². The summed E-state index contributed by atoms with van der Waals surface area (Å²) in [5.74, 6) is -1.19. The summed E-state index contributed by atoms with van der Waals surface area (Å²) in [7, 11) is -2.76. The number of hydrogen-bond donors (Lipinski definition) is 1. The second-order valence-electron chi connectivity index (χ2n) is 8.27. The lowest BCUT2D eigenvalue weighted by Crippen LogP contribution is -2.49. The maximum Gasteiger partial charge on any atom is 0.424 e. The number of sulfonamides is 1. The van der Waals surface area contributed by atoms with Gasteiger partial charge in [0.15, 0.2) is 6.04 Å². The number of aliphatic carboxylic acids is 1. The molecule has 3 aromatic rings. The summed E-state index contributed by atoms with van der Waals surface area (Å²) in [4.78, 5) is 25.1. The Hall–Kier alpha value is -3.85. The number of carbonyl (C=O) groups excluding carboxylic acids is 1. The highest BCUT2D eigenvalue weighted by molar-refractivity contribution is 7.88. The van der Waals surface area contributed by atoms with Crippen molar-refractivity contribution in [3.8, 4) is 16.9 Å². The molecule has 0 aliphatic heterocycles. The molecule has 0 heterocycles. The zero-order valence-electron chi connectivity index (χ0n) is 19.2. The lowest BCUT2D eigenvalue weighted by molar-refractivity contribution is -0.141. The number of methoxy groups -OCH3 is 1. The molecule has 1 aliphatic rings. The van der Waals surface area contributed by atoms with Gasteiger partial charge in [0, 0.05) is 12.3 Å². The van der Waals surface area contributed by atoms with E-state index in [4.69, 9.17) is 9.47 Å². The number of amides is 1. The molecule has 1 N–H and O–H groups in total. The minimum absolute atomic E-state index is 0.131. The van der Waals surface area contributed by atoms with Crippen LogP contribution in [0.3, 0.4) is 0 Å². The molecule has 3 aromatic carbocycles. The molecule has 35 heavy (non-hydrogen) atoms. The van der Waals surface area contributed by atoms with Gasteiger partial charge in [0.1, 0.15) is 12.4 Å². The Kier molecular flexibility index (Phi) is 6.79. The Morgan fingerprint density at radius 1 is 0.943 bits per heavy atom. The number of carboxylic acid groups (broad SMARTS) is 1. The number of carbonyl (C=O) groups is 2. The van der Waals surface area contributed by atoms with Crippen molar-refractivity contribution < 1.29 is 32.6 Å². The number of benzene rings is 3. The first kappa shape index (κ1) is 24.3. The molecule has 0 saturated carbocycles. The number of rotatable bonds is 8. The molecule has 9 heteroatoms. The van der Waals surface area contributed by atoms with E-state index in [2.05, 4.69) is 0 Å². The average molecular weight is 496 g/mol. The predicted octanol–water partition coefficient (Wildman–Crippen LogP) is 3.90. The lowest BCUT2D eigenvalue weighted by Gasteiger charge is -2.27. The summed E-state index contributed by atoms with van der Waals surface area (Å²) in [5, 5.41) is 9.82. The number of nitrogens with zero attached hydrogens (tertiary/aromatic N) is 1. The molecule has 0 aromatic heterocycles. The summed E-state index contributed by atoms with van der Waals surface area (Å²) in [5.41, 5.74) is 4.48. The van der Waals surface area contributed by atoms with Crippen molar-refractivity contribution >= 4 is 22.1 Å². The van der Waals surface area contributed by atoms with Gasteiger partial charge in [-0.2, -0.15) is 4.31 Å². The van der Waals surface area contributed by atoms with Gasteiger partial charge in [-0.1, -0.05) is 60.7 Å². The molecule has 0 spiro atoms. The van der Waals surface area contributed by atoms with E-state index in [1.54, 1.807) is 24.3 Å². The Morgan fingerprint density at radius 2 is 1.49 bits per heavy atom. The molecule has 1 amide bonds. The zero-order chi connectivity index (χ0) is 25.2. The van der Waals surface area contributed by atoms with Crippen LogP contribution in [0.1, 0.15) is 22.6 Å². The molecule has 1 aliphatic carbocycles. The lowest BCUT2D eigenvalue weighted by atomic mass is 9.98. The highest BCUT2D eigenvalue weighted by Gasteiger charge is 2.39. The van der Waals surface area contributed by atoms with Gasteiger partial charge < -0.3 is 14.6 Å². The van der Waals surface area contributed by atoms with Crippen LogP contribution in [0.15, 0.2) is 72.8 Å². The van der Waals surface area contributed by atoms with E-state index >= 15 is 0 Å². The molecule has 0 saturated heterocycles. The molecule has 8 nitrogen and oxygen atoms in total. The molecule has 0 fully saturated rings. The first-order chi connectivity index (χ1) is 16.7. The van der Waals surface area contributed by atoms with Crippen LogP contribution in [-0.4, -0.2) is 55.9 Å². The first-order valence-corrected chi connectivity index (χ1v) is 12.8. The fraction of sp³-hybridized carbons (Fsp3) is 0.231. The highest BCUT2D eigenvalue weighted by Crippen LogP contribution is 2.44. The molecule has 4 rings (SSSR count). The van der Waals surface area contributed by atoms with Gasteiger partial charge in [0.05, 0.1) is 13.4 Å². The van der Waals surface area contributed by atoms with Gasteiger partial charge in [0.2, 0.25) is 10.0 Å². The van der Waals surface area contributed by atoms with Gasteiger partial charge in [-0.05, 0) is 39.9 Å². The SMILES string of the molecule is COc1ccc(C[C@@H](C(=O)O)N(C(=O)OCC2c3ccccc3-c3ccccc32)S(C)(=O)=O)cc1. The van der Waals surface area contributed by atoms with Crippen molar-refractivity contribution in [2.45, 2.75) is 18.4 Å². The largest absolute Gasteiger partial charge is 0.497 e. The van der Waals surface area contributed by atoms with Gasteiger partial charge in [-0.15, -0.1) is 0 Å². The van der Waals surface area contributed by atoms with E-state index in [1.165, 1.54) is 7.11 Å². The molecule has 1 atom stereocenters. The van der Waals surface area contributed by atoms with Gasteiger partial charge >= 0.3 is 12.1 Å². The van der Waals surface area contributed by atoms with Crippen LogP contribution in [0.2, 0.25) is 0 Å². The van der Waals surface area contributed by atoms with E-state index in [0.29, 0.717) is 15.6 Å². The van der Waals surface area contributed by atoms with Gasteiger partial charge in [-0.25, -0.2) is 18.0 Å². The summed E-state index contributed by atoms with van der Waals surface area (Å²) < 4.78 is 36.0. The van der Waals surface area contributed by atoms with E-state index < -0.39 is 28.1 Å². The minimum atomic E-state index is -4.25. The number of hydrogen-bond acceptors (Lipinski definition) is 6. The standard InChI is InChI=1S/C26H25NO7S/c1-33-18-13-11-17(12-14-18)15-24(25(28)29)27(35(2,31)32)26(30)34-16-23-21-9-5-3-7-19(21)20-8-4-6-10-22(20)23/h3-14,23-24H,15-16H2,1-2H3,(H,28,29)/t24-/m0/s1. The first-order valence-electron chi connectivity index (χ1n) is 10.9. The quantitative estimate of drug-likeness (QED) is 0.505. The maximum atomic E-state index is 13.0. The maximum absolute atomic E-state index is 13.0. The Balaban J connectivity index is 1.58. The van der Waals surface area contributed by atoms with Gasteiger partial charge in [0.25, 0.3) is 0 Å². The molecule has 0 bridgehead atoms. The van der Waals surface area contributed by atoms with E-state index in [0.717, 1.165) is 28.5 Å². The van der Waals surface area contributed by atoms with Crippen LogP contribution in [0.4, 0.5) is 4.79 Å². The fourth-order valence-electron chi connectivity index (χ4n) is 4.41. The van der Waals surface area contributed by atoms with Crippen LogP contribution >= 0.6 is 0 Å². The Morgan fingerprint density at radius 3 is 1.97 bits per heavy atom. The topological polar surface area (TPSA) is 110 Å². The fourth-order valence-corrected chi connectivity index (χ4v) is 5.36. The molecule has 182 valence electrons. The van der Waals surface area contributed by atoms with Crippen molar-refractivity contribution in [3.63, 3.8) is 0 Å². The second-order valence-corrected chi connectivity index (χ2v) is 10.1. The molecular formula is C26H25NO7S. The minimum Gasteiger partial charge on any atom is -0.497 e. The number of carboxylic acids is 1. The van der Waals surface area contributed by atoms with Crippen LogP contribution in [0.25, 0.3) is 11.1 Å². The molecule has 0 radical (unpaired) electrons. The summed E-state index contributed by atoms with van der Waals surface area (Å²) in [6.45, 7) is -0.131. The smallest absolute Gasteiger partial charge is 0.424 e. The summed E-state index contributed by atoms with van der Waals surface area (Å²) >= 11 is 0. The van der Waals surface area contributed by atoms with Crippen LogP contribution in [-0.2, 0) is 26.0 Å². The highest BCUT2D eigenvalue weighted by atomic mass is 32.2. The molecule has 0 unspecified atom stereocenters. The van der Waals surface area contributed by atoms with Gasteiger partial charge in [-0.3, -0.25) is 0 Å². The zero-order valence-corrected chi connectivity index (χ0v) is 20.1. The molecular weight excluding hydrogens is 470 g/mol. The van der Waals surface area contributed by atoms with E-state index in [9.17, 15) is 23.1 Å². The van der Waals surface area contributed by atoms with Crippen molar-refractivity contribution in [3.05, 3.63) is 89.5 Å². The van der Waals surface area contributed by atoms with Crippen LogP contribution in [0, 0.1) is 0 Å². The van der Waals surface area contributed by atoms with E-state index in [-0.39, 0.29) is 18.9 Å². The number of ether oxygens (including phenoxy) is 2. The third kappa shape index (κ3) is 5.00. The second kappa shape index (κ2) is 9.79. The van der Waals surface area contributed by atoms with E-state index in [1.807, 2.05) is 48.5 Å². The normalized spacial score (nSPS) is 13.4. The average Bonchev–Trinajstić information content (AvgIpc) is 3.15. The summed E-state index contributed by atoms with van der Waals surface area (Å²) in [6.07, 6.45) is -0.662. The van der Waals surface area contributed by atoms with Crippen molar-refractivity contribution in [2.24, 2.45) is 0 Å². The Labute approximate surface area is 203 Å².